The Kier molecular flexibility index (Phi) is 2.64. The molecule has 2 bridgehead atoms. The number of amides is 1. The van der Waals surface area contributed by atoms with Crippen molar-refractivity contribution < 1.29 is 4.79 Å². The molecule has 2 nitrogen and oxygen atoms in total. The Morgan fingerprint density at radius 1 is 1.11 bits per heavy atom. The summed E-state index contributed by atoms with van der Waals surface area (Å²) in [4.78, 5) is 12.2. The monoisotopic (exact) mass is 255 g/mol. The van der Waals surface area contributed by atoms with Gasteiger partial charge in [0.2, 0.25) is 5.91 Å². The van der Waals surface area contributed by atoms with Crippen LogP contribution in [0.25, 0.3) is 0 Å². The number of hydrogen-bond donors (Lipinski definition) is 1. The first-order valence-electron chi connectivity index (χ1n) is 7.66. The quantitative estimate of drug-likeness (QED) is 0.880. The summed E-state index contributed by atoms with van der Waals surface area (Å²) >= 11 is 0. The van der Waals surface area contributed by atoms with Crippen LogP contribution in [0.5, 0.6) is 0 Å². The number of nitrogens with one attached hydrogen (secondary N) is 1. The van der Waals surface area contributed by atoms with Crippen molar-refractivity contribution in [2.75, 3.05) is 6.54 Å². The fourth-order valence-electron chi connectivity index (χ4n) is 4.77. The third kappa shape index (κ3) is 1.89. The van der Waals surface area contributed by atoms with E-state index < -0.39 is 0 Å². The van der Waals surface area contributed by atoms with Gasteiger partial charge >= 0.3 is 0 Å². The number of fused-ring (bicyclic) bond motifs is 5. The molecule has 0 heterocycles. The molecule has 1 amide bonds. The molecule has 1 unspecified atom stereocenters. The molecule has 1 aromatic carbocycles. The second kappa shape index (κ2) is 4.36. The Labute approximate surface area is 114 Å². The minimum absolute atomic E-state index is 0.336. The van der Waals surface area contributed by atoms with Gasteiger partial charge in [0, 0.05) is 12.5 Å². The van der Waals surface area contributed by atoms with Gasteiger partial charge in [0.1, 0.15) is 0 Å². The SMILES string of the molecule is O=C(NCCc1ccccc1)C1[C@H]2[C@@H]3CC[C@@H](C3)[C@H]12. The van der Waals surface area contributed by atoms with Crippen LogP contribution >= 0.6 is 0 Å². The van der Waals surface area contributed by atoms with Crippen LogP contribution in [-0.2, 0) is 11.2 Å². The van der Waals surface area contributed by atoms with Crippen LogP contribution in [-0.4, -0.2) is 12.5 Å². The van der Waals surface area contributed by atoms with Crippen LogP contribution in [0.3, 0.4) is 0 Å². The fourth-order valence-corrected chi connectivity index (χ4v) is 4.77. The van der Waals surface area contributed by atoms with E-state index >= 15 is 0 Å². The van der Waals surface area contributed by atoms with Crippen molar-refractivity contribution in [1.82, 2.24) is 5.32 Å². The zero-order valence-electron chi connectivity index (χ0n) is 11.2. The molecular formula is C17H21NO. The minimum Gasteiger partial charge on any atom is -0.356 e. The molecule has 3 aliphatic carbocycles. The molecule has 1 aromatic rings. The van der Waals surface area contributed by atoms with Crippen LogP contribution in [0.1, 0.15) is 24.8 Å². The van der Waals surface area contributed by atoms with Gasteiger partial charge in [-0.2, -0.15) is 0 Å². The lowest BCUT2D eigenvalue weighted by Gasteiger charge is -2.09. The van der Waals surface area contributed by atoms with Crippen LogP contribution < -0.4 is 5.32 Å². The van der Waals surface area contributed by atoms with E-state index in [0.717, 1.165) is 36.6 Å². The Bertz CT molecular complexity index is 467. The predicted octanol–water partition coefficient (Wildman–Crippen LogP) is 2.64. The minimum atomic E-state index is 0.336. The van der Waals surface area contributed by atoms with Crippen molar-refractivity contribution in [3.63, 3.8) is 0 Å². The molecule has 0 aromatic heterocycles. The molecule has 4 rings (SSSR count). The van der Waals surface area contributed by atoms with Gasteiger partial charge in [-0.1, -0.05) is 30.3 Å². The van der Waals surface area contributed by atoms with Crippen molar-refractivity contribution in [2.24, 2.45) is 29.6 Å². The summed E-state index contributed by atoms with van der Waals surface area (Å²) < 4.78 is 0. The van der Waals surface area contributed by atoms with Gasteiger partial charge < -0.3 is 5.32 Å². The fraction of sp³-hybridized carbons (Fsp3) is 0.588. The second-order valence-corrected chi connectivity index (χ2v) is 6.54. The maximum atomic E-state index is 12.2. The van der Waals surface area contributed by atoms with Gasteiger partial charge in [0.25, 0.3) is 0 Å². The van der Waals surface area contributed by atoms with Crippen molar-refractivity contribution in [3.8, 4) is 0 Å². The molecular weight excluding hydrogens is 234 g/mol. The van der Waals surface area contributed by atoms with Gasteiger partial charge in [-0.15, -0.1) is 0 Å². The van der Waals surface area contributed by atoms with Gasteiger partial charge in [-0.25, -0.2) is 0 Å². The molecule has 5 atom stereocenters. The van der Waals surface area contributed by atoms with Crippen molar-refractivity contribution in [1.29, 1.82) is 0 Å². The van der Waals surface area contributed by atoms with Crippen molar-refractivity contribution in [3.05, 3.63) is 35.9 Å². The first-order chi connectivity index (χ1) is 9.34. The summed E-state index contributed by atoms with van der Waals surface area (Å²) in [6.07, 6.45) is 5.14. The van der Waals surface area contributed by atoms with Gasteiger partial charge in [-0.05, 0) is 54.9 Å². The molecule has 3 fully saturated rings. The predicted molar refractivity (Wildman–Crippen MR) is 74.5 cm³/mol. The average molecular weight is 255 g/mol. The molecule has 0 saturated heterocycles. The topological polar surface area (TPSA) is 29.1 Å². The number of carbonyl (C=O) groups excluding carboxylic acids is 1. The molecule has 3 saturated carbocycles. The molecule has 0 radical (unpaired) electrons. The lowest BCUT2D eigenvalue weighted by molar-refractivity contribution is -0.123. The van der Waals surface area contributed by atoms with Crippen LogP contribution in [0.15, 0.2) is 30.3 Å². The molecule has 1 N–H and O–H groups in total. The van der Waals surface area contributed by atoms with Gasteiger partial charge in [-0.3, -0.25) is 4.79 Å². The second-order valence-electron chi connectivity index (χ2n) is 6.54. The maximum absolute atomic E-state index is 12.2. The molecule has 2 heteroatoms. The Morgan fingerprint density at radius 2 is 1.79 bits per heavy atom. The molecule has 19 heavy (non-hydrogen) atoms. The molecule has 3 aliphatic rings. The Morgan fingerprint density at radius 3 is 2.47 bits per heavy atom. The largest absolute Gasteiger partial charge is 0.356 e. The van der Waals surface area contributed by atoms with E-state index in [1.807, 2.05) is 6.07 Å². The smallest absolute Gasteiger partial charge is 0.223 e. The first kappa shape index (κ1) is 11.5. The lowest BCUT2D eigenvalue weighted by Crippen LogP contribution is -2.29. The summed E-state index contributed by atoms with van der Waals surface area (Å²) in [6, 6.07) is 10.4. The molecule has 0 aliphatic heterocycles. The van der Waals surface area contributed by atoms with E-state index in [9.17, 15) is 4.79 Å². The lowest BCUT2D eigenvalue weighted by atomic mass is 10.0. The first-order valence-corrected chi connectivity index (χ1v) is 7.66. The van der Waals surface area contributed by atoms with E-state index in [2.05, 4.69) is 29.6 Å². The number of hydrogen-bond acceptors (Lipinski definition) is 1. The Balaban J connectivity index is 1.27. The summed E-state index contributed by atoms with van der Waals surface area (Å²) in [6.45, 7) is 0.786. The summed E-state index contributed by atoms with van der Waals surface area (Å²) in [5, 5.41) is 3.15. The van der Waals surface area contributed by atoms with Crippen molar-refractivity contribution >= 4 is 5.91 Å². The van der Waals surface area contributed by atoms with E-state index in [-0.39, 0.29) is 0 Å². The number of benzene rings is 1. The average Bonchev–Trinajstić information content (AvgIpc) is 2.89. The zero-order valence-corrected chi connectivity index (χ0v) is 11.2. The highest BCUT2D eigenvalue weighted by Gasteiger charge is 2.67. The van der Waals surface area contributed by atoms with Gasteiger partial charge in [0.15, 0.2) is 0 Å². The van der Waals surface area contributed by atoms with E-state index in [4.69, 9.17) is 0 Å². The Hall–Kier alpha value is -1.31. The molecule has 0 spiro atoms. The number of rotatable bonds is 4. The summed E-state index contributed by atoms with van der Waals surface area (Å²) in [5.41, 5.74) is 1.30. The zero-order chi connectivity index (χ0) is 12.8. The standard InChI is InChI=1S/C17H21NO/c19-17(18-9-8-11-4-2-1-3-5-11)16-14-12-6-7-13(10-12)15(14)16/h1-5,12-16H,6-10H2,(H,18,19)/t12-,13+,14-,15-,16?/m0/s1. The van der Waals surface area contributed by atoms with E-state index in [0.29, 0.717) is 11.8 Å². The summed E-state index contributed by atoms with van der Waals surface area (Å²) in [7, 11) is 0. The third-order valence-corrected chi connectivity index (χ3v) is 5.59. The number of carbonyl (C=O) groups is 1. The summed E-state index contributed by atoms with van der Waals surface area (Å²) in [5.74, 6) is 4.01. The van der Waals surface area contributed by atoms with Crippen LogP contribution in [0, 0.1) is 29.6 Å². The van der Waals surface area contributed by atoms with Crippen LogP contribution in [0.4, 0.5) is 0 Å². The van der Waals surface area contributed by atoms with Crippen LogP contribution in [0.2, 0.25) is 0 Å². The van der Waals surface area contributed by atoms with Gasteiger partial charge in [0.05, 0.1) is 0 Å². The third-order valence-electron chi connectivity index (χ3n) is 5.59. The highest BCUT2D eigenvalue weighted by molar-refractivity contribution is 5.82. The van der Waals surface area contributed by atoms with E-state index in [1.165, 1.54) is 24.8 Å². The van der Waals surface area contributed by atoms with E-state index in [1.54, 1.807) is 0 Å². The highest BCUT2D eigenvalue weighted by Crippen LogP contribution is 2.69. The van der Waals surface area contributed by atoms with Crippen molar-refractivity contribution in [2.45, 2.75) is 25.7 Å². The highest BCUT2D eigenvalue weighted by atomic mass is 16.2. The molecule has 100 valence electrons. The maximum Gasteiger partial charge on any atom is 0.223 e. The normalized spacial score (nSPS) is 38.0.